The zero-order valence-electron chi connectivity index (χ0n) is 13.9. The first-order chi connectivity index (χ1) is 11.7. The quantitative estimate of drug-likeness (QED) is 0.829. The van der Waals surface area contributed by atoms with Gasteiger partial charge in [-0.05, 0) is 5.56 Å². The summed E-state index contributed by atoms with van der Waals surface area (Å²) >= 11 is 0. The van der Waals surface area contributed by atoms with E-state index in [-0.39, 0.29) is 11.8 Å². The molecule has 0 saturated carbocycles. The standard InChI is InChI=1S/C18H24N4O2/c1-19-18(24)9-15-11-21(13-17(15)23)7-8-22-12-16(10-20-22)14-5-3-2-4-6-14/h2-6,10,12,15,17,23H,7-9,11,13H2,1H3,(H,19,24)/t15-,17-/m1/s1. The largest absolute Gasteiger partial charge is 0.391 e. The van der Waals surface area contributed by atoms with Gasteiger partial charge in [0.2, 0.25) is 5.91 Å². The Kier molecular flexibility index (Phi) is 5.27. The Labute approximate surface area is 142 Å². The van der Waals surface area contributed by atoms with Crippen LogP contribution in [0.2, 0.25) is 0 Å². The van der Waals surface area contributed by atoms with Crippen LogP contribution in [0.1, 0.15) is 6.42 Å². The van der Waals surface area contributed by atoms with Gasteiger partial charge in [-0.15, -0.1) is 0 Å². The first-order valence-corrected chi connectivity index (χ1v) is 8.34. The molecule has 1 amide bonds. The summed E-state index contributed by atoms with van der Waals surface area (Å²) in [5.74, 6) is 0.00271. The van der Waals surface area contributed by atoms with Crippen LogP contribution in [-0.2, 0) is 11.3 Å². The Hall–Kier alpha value is -2.18. The van der Waals surface area contributed by atoms with E-state index in [1.54, 1.807) is 7.05 Å². The third-order valence-electron chi connectivity index (χ3n) is 4.59. The lowest BCUT2D eigenvalue weighted by atomic mass is 10.0. The third kappa shape index (κ3) is 4.01. The zero-order valence-corrected chi connectivity index (χ0v) is 13.9. The molecule has 2 atom stereocenters. The molecule has 2 aromatic rings. The smallest absolute Gasteiger partial charge is 0.220 e. The first kappa shape index (κ1) is 16.7. The number of hydrogen-bond donors (Lipinski definition) is 2. The Bertz CT molecular complexity index is 671. The summed E-state index contributed by atoms with van der Waals surface area (Å²) in [5.41, 5.74) is 2.26. The number of rotatable bonds is 6. The number of aliphatic hydroxyl groups excluding tert-OH is 1. The fraction of sp³-hybridized carbons (Fsp3) is 0.444. The maximum atomic E-state index is 11.5. The summed E-state index contributed by atoms with van der Waals surface area (Å²) in [7, 11) is 1.63. The number of amides is 1. The molecule has 24 heavy (non-hydrogen) atoms. The summed E-state index contributed by atoms with van der Waals surface area (Å²) in [5, 5.41) is 17.1. The van der Waals surface area contributed by atoms with Crippen molar-refractivity contribution in [3.63, 3.8) is 0 Å². The van der Waals surface area contributed by atoms with E-state index < -0.39 is 6.10 Å². The lowest BCUT2D eigenvalue weighted by molar-refractivity contribution is -0.122. The summed E-state index contributed by atoms with van der Waals surface area (Å²) in [6.45, 7) is 2.96. The lowest BCUT2D eigenvalue weighted by Gasteiger charge is -2.15. The number of carbonyl (C=O) groups is 1. The summed E-state index contributed by atoms with van der Waals surface area (Å²) in [6.07, 6.45) is 3.88. The molecule has 1 aliphatic rings. The SMILES string of the molecule is CNC(=O)C[C@@H]1CN(CCn2cc(-c3ccccc3)cn2)C[C@H]1O. The normalized spacial score (nSPS) is 21.1. The average Bonchev–Trinajstić information content (AvgIpc) is 3.21. The fourth-order valence-electron chi connectivity index (χ4n) is 3.17. The highest BCUT2D eigenvalue weighted by molar-refractivity contribution is 5.75. The third-order valence-corrected chi connectivity index (χ3v) is 4.59. The van der Waals surface area contributed by atoms with Gasteiger partial charge in [-0.1, -0.05) is 30.3 Å². The van der Waals surface area contributed by atoms with Crippen LogP contribution in [0.5, 0.6) is 0 Å². The topological polar surface area (TPSA) is 70.4 Å². The zero-order chi connectivity index (χ0) is 16.9. The van der Waals surface area contributed by atoms with E-state index in [0.29, 0.717) is 13.0 Å². The van der Waals surface area contributed by atoms with Gasteiger partial charge in [-0.3, -0.25) is 14.4 Å². The van der Waals surface area contributed by atoms with Crippen LogP contribution < -0.4 is 5.32 Å². The molecule has 1 aromatic carbocycles. The molecule has 0 spiro atoms. The van der Waals surface area contributed by atoms with E-state index in [0.717, 1.165) is 30.8 Å². The second-order valence-electron chi connectivity index (χ2n) is 6.32. The van der Waals surface area contributed by atoms with Gasteiger partial charge in [0.05, 0.1) is 18.8 Å². The predicted octanol–water partition coefficient (Wildman–Crippen LogP) is 0.979. The minimum Gasteiger partial charge on any atom is -0.391 e. The minimum absolute atomic E-state index is 0.0134. The van der Waals surface area contributed by atoms with Gasteiger partial charge in [0.1, 0.15) is 0 Å². The number of β-amino-alcohol motifs (C(OH)–C–C–N with tert-alkyl or cyclic N) is 1. The molecule has 0 aliphatic carbocycles. The number of likely N-dealkylation sites (tertiary alicyclic amines) is 1. The van der Waals surface area contributed by atoms with Crippen LogP contribution in [0.25, 0.3) is 11.1 Å². The average molecular weight is 328 g/mol. The van der Waals surface area contributed by atoms with Crippen LogP contribution >= 0.6 is 0 Å². The molecule has 1 saturated heterocycles. The van der Waals surface area contributed by atoms with Crippen LogP contribution in [0.3, 0.4) is 0 Å². The number of nitrogens with one attached hydrogen (secondary N) is 1. The van der Waals surface area contributed by atoms with Crippen molar-refractivity contribution in [1.29, 1.82) is 0 Å². The predicted molar refractivity (Wildman–Crippen MR) is 92.3 cm³/mol. The highest BCUT2D eigenvalue weighted by Crippen LogP contribution is 2.21. The molecule has 0 radical (unpaired) electrons. The lowest BCUT2D eigenvalue weighted by Crippen LogP contribution is -2.27. The van der Waals surface area contributed by atoms with Crippen molar-refractivity contribution in [2.24, 2.45) is 5.92 Å². The molecular weight excluding hydrogens is 304 g/mol. The summed E-state index contributed by atoms with van der Waals surface area (Å²) in [6, 6.07) is 10.2. The maximum Gasteiger partial charge on any atom is 0.220 e. The number of nitrogens with zero attached hydrogens (tertiary/aromatic N) is 3. The molecule has 1 aromatic heterocycles. The van der Waals surface area contributed by atoms with Crippen molar-refractivity contribution in [1.82, 2.24) is 20.0 Å². The monoisotopic (exact) mass is 328 g/mol. The molecule has 1 fully saturated rings. The second-order valence-corrected chi connectivity index (χ2v) is 6.32. The van der Waals surface area contributed by atoms with Gasteiger partial charge in [0.25, 0.3) is 0 Å². The van der Waals surface area contributed by atoms with E-state index in [4.69, 9.17) is 0 Å². The summed E-state index contributed by atoms with van der Waals surface area (Å²) < 4.78 is 1.93. The van der Waals surface area contributed by atoms with Gasteiger partial charge >= 0.3 is 0 Å². The van der Waals surface area contributed by atoms with Crippen LogP contribution in [0.4, 0.5) is 0 Å². The first-order valence-electron chi connectivity index (χ1n) is 8.34. The van der Waals surface area contributed by atoms with E-state index in [1.165, 1.54) is 0 Å². The summed E-state index contributed by atoms with van der Waals surface area (Å²) in [4.78, 5) is 13.7. The van der Waals surface area contributed by atoms with Crippen LogP contribution in [-0.4, -0.2) is 58.5 Å². The second kappa shape index (κ2) is 7.59. The molecule has 6 heteroatoms. The van der Waals surface area contributed by atoms with Crippen molar-refractivity contribution in [3.8, 4) is 11.1 Å². The number of carbonyl (C=O) groups excluding carboxylic acids is 1. The molecule has 2 N–H and O–H groups in total. The van der Waals surface area contributed by atoms with Crippen molar-refractivity contribution in [2.75, 3.05) is 26.7 Å². The van der Waals surface area contributed by atoms with E-state index in [2.05, 4.69) is 27.4 Å². The molecule has 6 nitrogen and oxygen atoms in total. The molecule has 3 rings (SSSR count). The Morgan fingerprint density at radius 2 is 2.04 bits per heavy atom. The van der Waals surface area contributed by atoms with E-state index >= 15 is 0 Å². The maximum absolute atomic E-state index is 11.5. The van der Waals surface area contributed by atoms with Crippen molar-refractivity contribution in [2.45, 2.75) is 19.1 Å². The molecule has 2 heterocycles. The molecular formula is C18H24N4O2. The molecule has 0 bridgehead atoms. The highest BCUT2D eigenvalue weighted by Gasteiger charge is 2.32. The molecule has 0 unspecified atom stereocenters. The van der Waals surface area contributed by atoms with Crippen LogP contribution in [0, 0.1) is 5.92 Å². The Morgan fingerprint density at radius 3 is 2.79 bits per heavy atom. The van der Waals surface area contributed by atoms with Crippen molar-refractivity contribution in [3.05, 3.63) is 42.7 Å². The van der Waals surface area contributed by atoms with Crippen molar-refractivity contribution < 1.29 is 9.90 Å². The van der Waals surface area contributed by atoms with Crippen molar-refractivity contribution >= 4 is 5.91 Å². The highest BCUT2D eigenvalue weighted by atomic mass is 16.3. The number of aromatic nitrogens is 2. The fourth-order valence-corrected chi connectivity index (χ4v) is 3.17. The van der Waals surface area contributed by atoms with E-state index in [9.17, 15) is 9.90 Å². The Balaban J connectivity index is 1.52. The Morgan fingerprint density at radius 1 is 1.25 bits per heavy atom. The van der Waals surface area contributed by atoms with Gasteiger partial charge in [-0.25, -0.2) is 0 Å². The number of hydrogen-bond acceptors (Lipinski definition) is 4. The molecule has 1 aliphatic heterocycles. The van der Waals surface area contributed by atoms with Crippen LogP contribution in [0.15, 0.2) is 42.7 Å². The minimum atomic E-state index is -0.431. The number of aliphatic hydroxyl groups is 1. The van der Waals surface area contributed by atoms with Gasteiger partial charge < -0.3 is 10.4 Å². The molecule has 128 valence electrons. The van der Waals surface area contributed by atoms with Gasteiger partial charge in [0, 0.05) is 50.8 Å². The van der Waals surface area contributed by atoms with E-state index in [1.807, 2.05) is 35.3 Å². The van der Waals surface area contributed by atoms with Gasteiger partial charge in [-0.2, -0.15) is 5.10 Å². The van der Waals surface area contributed by atoms with Gasteiger partial charge in [0.15, 0.2) is 0 Å². The number of benzene rings is 1.